The van der Waals surface area contributed by atoms with Crippen molar-refractivity contribution in [2.45, 2.75) is 59.2 Å². The number of amides is 1. The molecule has 4 heteroatoms. The van der Waals surface area contributed by atoms with Crippen LogP contribution in [0, 0.1) is 5.92 Å². The predicted molar refractivity (Wildman–Crippen MR) is 90.8 cm³/mol. The molecule has 1 rings (SSSR count). The van der Waals surface area contributed by atoms with E-state index in [0.717, 1.165) is 19.5 Å². The van der Waals surface area contributed by atoms with Crippen molar-refractivity contribution in [1.29, 1.82) is 0 Å². The highest BCUT2D eigenvalue weighted by atomic mass is 16.6. The number of nitrogens with one attached hydrogen (secondary N) is 2. The number of hydrogen-bond donors (Lipinski definition) is 2. The number of carbonyl (C=O) groups excluding carboxylic acids is 1. The van der Waals surface area contributed by atoms with E-state index in [1.165, 1.54) is 5.56 Å². The molecule has 2 atom stereocenters. The fourth-order valence-corrected chi connectivity index (χ4v) is 2.11. The Bertz CT molecular complexity index is 440. The van der Waals surface area contributed by atoms with Crippen LogP contribution >= 0.6 is 0 Å². The molecule has 1 aromatic carbocycles. The summed E-state index contributed by atoms with van der Waals surface area (Å²) in [5.41, 5.74) is 0.768. The van der Waals surface area contributed by atoms with Crippen LogP contribution in [0.2, 0.25) is 0 Å². The van der Waals surface area contributed by atoms with Gasteiger partial charge in [-0.05, 0) is 32.3 Å². The van der Waals surface area contributed by atoms with Crippen LogP contribution in [-0.4, -0.2) is 24.3 Å². The molecule has 0 aromatic heterocycles. The molecule has 2 N–H and O–H groups in total. The molecule has 1 amide bonds. The van der Waals surface area contributed by atoms with Crippen LogP contribution in [0.3, 0.4) is 0 Å². The van der Waals surface area contributed by atoms with Crippen molar-refractivity contribution in [2.75, 3.05) is 6.54 Å². The lowest BCUT2D eigenvalue weighted by Crippen LogP contribution is -2.47. The van der Waals surface area contributed by atoms with Crippen LogP contribution in [0.5, 0.6) is 0 Å². The zero-order valence-electron chi connectivity index (χ0n) is 14.5. The van der Waals surface area contributed by atoms with Crippen LogP contribution < -0.4 is 10.6 Å². The number of ether oxygens (including phenoxy) is 1. The van der Waals surface area contributed by atoms with Gasteiger partial charge in [-0.1, -0.05) is 50.6 Å². The van der Waals surface area contributed by atoms with Crippen molar-refractivity contribution in [3.05, 3.63) is 35.9 Å². The first-order valence-electron chi connectivity index (χ1n) is 8.06. The van der Waals surface area contributed by atoms with E-state index < -0.39 is 5.60 Å². The fraction of sp³-hybridized carbons (Fsp3) is 0.611. The van der Waals surface area contributed by atoms with Gasteiger partial charge in [-0.25, -0.2) is 4.79 Å². The van der Waals surface area contributed by atoms with E-state index in [1.807, 2.05) is 39.0 Å². The molecule has 4 nitrogen and oxygen atoms in total. The molecule has 1 aromatic rings. The molecule has 0 spiro atoms. The van der Waals surface area contributed by atoms with Crippen molar-refractivity contribution < 1.29 is 9.53 Å². The van der Waals surface area contributed by atoms with Gasteiger partial charge in [0.25, 0.3) is 0 Å². The first-order valence-corrected chi connectivity index (χ1v) is 8.06. The van der Waals surface area contributed by atoms with Crippen LogP contribution in [0.15, 0.2) is 30.3 Å². The van der Waals surface area contributed by atoms with Crippen molar-refractivity contribution in [3.8, 4) is 0 Å². The smallest absolute Gasteiger partial charge is 0.407 e. The van der Waals surface area contributed by atoms with E-state index >= 15 is 0 Å². The van der Waals surface area contributed by atoms with Crippen molar-refractivity contribution in [3.63, 3.8) is 0 Å². The summed E-state index contributed by atoms with van der Waals surface area (Å²) in [6, 6.07) is 10.3. The maximum Gasteiger partial charge on any atom is 0.407 e. The largest absolute Gasteiger partial charge is 0.444 e. The Balaban J connectivity index is 2.48. The Morgan fingerprint density at radius 3 is 2.41 bits per heavy atom. The van der Waals surface area contributed by atoms with Crippen LogP contribution in [0.25, 0.3) is 0 Å². The molecule has 0 saturated carbocycles. The third-order valence-corrected chi connectivity index (χ3v) is 3.57. The first kappa shape index (κ1) is 18.5. The highest BCUT2D eigenvalue weighted by Gasteiger charge is 2.22. The van der Waals surface area contributed by atoms with Gasteiger partial charge in [0.1, 0.15) is 5.60 Å². The standard InChI is InChI=1S/C18H30N2O2/c1-6-14(2)16(20-17(21)22-18(3,4)5)13-19-12-15-10-8-7-9-11-15/h7-11,14,16,19H,6,12-13H2,1-5H3,(H,20,21)/t14-,16+/m0/s1. The quantitative estimate of drug-likeness (QED) is 0.807. The van der Waals surface area contributed by atoms with Gasteiger partial charge in [-0.2, -0.15) is 0 Å². The number of rotatable bonds is 7. The van der Waals surface area contributed by atoms with Gasteiger partial charge in [0.05, 0.1) is 0 Å². The minimum Gasteiger partial charge on any atom is -0.444 e. The Labute approximate surface area is 134 Å². The second-order valence-corrected chi connectivity index (χ2v) is 6.75. The predicted octanol–water partition coefficient (Wildman–Crippen LogP) is 3.72. The Morgan fingerprint density at radius 2 is 1.86 bits per heavy atom. The Morgan fingerprint density at radius 1 is 1.23 bits per heavy atom. The Kier molecular flexibility index (Phi) is 7.39. The Hall–Kier alpha value is -1.55. The van der Waals surface area contributed by atoms with Crippen molar-refractivity contribution in [1.82, 2.24) is 10.6 Å². The molecular weight excluding hydrogens is 276 g/mol. The zero-order valence-corrected chi connectivity index (χ0v) is 14.5. The highest BCUT2D eigenvalue weighted by Crippen LogP contribution is 2.11. The molecule has 0 aliphatic carbocycles. The highest BCUT2D eigenvalue weighted by molar-refractivity contribution is 5.68. The van der Waals surface area contributed by atoms with Crippen LogP contribution in [0.1, 0.15) is 46.6 Å². The average molecular weight is 306 g/mol. The SMILES string of the molecule is CC[C@H](C)[C@@H](CNCc1ccccc1)NC(=O)OC(C)(C)C. The third kappa shape index (κ3) is 7.46. The molecule has 0 bridgehead atoms. The molecule has 0 saturated heterocycles. The maximum absolute atomic E-state index is 12.0. The molecule has 0 radical (unpaired) electrons. The first-order chi connectivity index (χ1) is 10.3. The van der Waals surface area contributed by atoms with Gasteiger partial charge in [-0.3, -0.25) is 0 Å². The summed E-state index contributed by atoms with van der Waals surface area (Å²) in [7, 11) is 0. The van der Waals surface area contributed by atoms with Gasteiger partial charge in [0.2, 0.25) is 0 Å². The van der Waals surface area contributed by atoms with Gasteiger partial charge >= 0.3 is 6.09 Å². The second-order valence-electron chi connectivity index (χ2n) is 6.75. The van der Waals surface area contributed by atoms with E-state index in [1.54, 1.807) is 0 Å². The zero-order chi connectivity index (χ0) is 16.6. The van der Waals surface area contributed by atoms with Crippen molar-refractivity contribution >= 4 is 6.09 Å². The van der Waals surface area contributed by atoms with E-state index in [-0.39, 0.29) is 12.1 Å². The number of carbonyl (C=O) groups is 1. The molecular formula is C18H30N2O2. The normalized spacial score (nSPS) is 14.2. The molecule has 0 unspecified atom stereocenters. The molecule has 22 heavy (non-hydrogen) atoms. The molecule has 124 valence electrons. The topological polar surface area (TPSA) is 50.4 Å². The molecule has 0 aliphatic heterocycles. The minimum atomic E-state index is -0.471. The fourth-order valence-electron chi connectivity index (χ4n) is 2.11. The summed E-state index contributed by atoms with van der Waals surface area (Å²) in [4.78, 5) is 12.0. The summed E-state index contributed by atoms with van der Waals surface area (Å²) < 4.78 is 5.35. The van der Waals surface area contributed by atoms with Gasteiger partial charge in [0.15, 0.2) is 0 Å². The number of alkyl carbamates (subject to hydrolysis) is 1. The van der Waals surface area contributed by atoms with Crippen LogP contribution in [0.4, 0.5) is 4.79 Å². The van der Waals surface area contributed by atoms with Gasteiger partial charge in [0, 0.05) is 19.1 Å². The lowest BCUT2D eigenvalue weighted by molar-refractivity contribution is 0.0487. The van der Waals surface area contributed by atoms with E-state index in [9.17, 15) is 4.79 Å². The molecule has 0 fully saturated rings. The van der Waals surface area contributed by atoms with Gasteiger partial charge in [-0.15, -0.1) is 0 Å². The summed E-state index contributed by atoms with van der Waals surface area (Å²) >= 11 is 0. The summed E-state index contributed by atoms with van der Waals surface area (Å²) in [5.74, 6) is 0.385. The van der Waals surface area contributed by atoms with Crippen molar-refractivity contribution in [2.24, 2.45) is 5.92 Å². The minimum absolute atomic E-state index is 0.0589. The summed E-state index contributed by atoms with van der Waals surface area (Å²) in [6.07, 6.45) is 0.660. The molecule has 0 aliphatic rings. The summed E-state index contributed by atoms with van der Waals surface area (Å²) in [6.45, 7) is 11.4. The van der Waals surface area contributed by atoms with E-state index in [4.69, 9.17) is 4.74 Å². The van der Waals surface area contributed by atoms with Gasteiger partial charge < -0.3 is 15.4 Å². The number of benzene rings is 1. The second kappa shape index (κ2) is 8.79. The third-order valence-electron chi connectivity index (χ3n) is 3.57. The number of hydrogen-bond acceptors (Lipinski definition) is 3. The lowest BCUT2D eigenvalue weighted by Gasteiger charge is -2.27. The maximum atomic E-state index is 12.0. The van der Waals surface area contributed by atoms with E-state index in [0.29, 0.717) is 5.92 Å². The molecule has 0 heterocycles. The summed E-state index contributed by atoms with van der Waals surface area (Å²) in [5, 5.41) is 6.40. The van der Waals surface area contributed by atoms with Crippen LogP contribution in [-0.2, 0) is 11.3 Å². The van der Waals surface area contributed by atoms with E-state index in [2.05, 4.69) is 36.6 Å². The monoisotopic (exact) mass is 306 g/mol. The lowest BCUT2D eigenvalue weighted by atomic mass is 9.99. The average Bonchev–Trinajstić information content (AvgIpc) is 2.44.